The number of aromatic amines is 1. The predicted molar refractivity (Wildman–Crippen MR) is 83.3 cm³/mol. The van der Waals surface area contributed by atoms with Crippen LogP contribution in [0.4, 0.5) is 0 Å². The van der Waals surface area contributed by atoms with Crippen LogP contribution >= 0.6 is 0 Å². The molecule has 0 bridgehead atoms. The van der Waals surface area contributed by atoms with Gasteiger partial charge in [0.1, 0.15) is 0 Å². The number of rotatable bonds is 4. The highest BCUT2D eigenvalue weighted by molar-refractivity contribution is 5.77. The maximum atomic E-state index is 12.6. The summed E-state index contributed by atoms with van der Waals surface area (Å²) in [6, 6.07) is 1.90. The normalized spacial score (nSPS) is 24.6. The van der Waals surface area contributed by atoms with Gasteiger partial charge < -0.3 is 14.5 Å². The van der Waals surface area contributed by atoms with Crippen molar-refractivity contribution in [1.29, 1.82) is 0 Å². The van der Waals surface area contributed by atoms with Gasteiger partial charge in [0, 0.05) is 25.7 Å². The first-order chi connectivity index (χ1) is 10.7. The first kappa shape index (κ1) is 15.5. The SMILES string of the molecule is CC1CCN(CCC(=O)N2CCOCC2c2ccn[nH]2)CC1. The Kier molecular flexibility index (Phi) is 5.10. The number of amides is 1. The molecule has 6 heteroatoms. The number of nitrogens with zero attached hydrogens (tertiary/aromatic N) is 3. The van der Waals surface area contributed by atoms with Crippen LogP contribution < -0.4 is 0 Å². The molecule has 1 aromatic heterocycles. The van der Waals surface area contributed by atoms with Crippen molar-refractivity contribution < 1.29 is 9.53 Å². The lowest BCUT2D eigenvalue weighted by molar-refractivity contribution is -0.140. The minimum Gasteiger partial charge on any atom is -0.377 e. The first-order valence-corrected chi connectivity index (χ1v) is 8.33. The number of aromatic nitrogens is 2. The lowest BCUT2D eigenvalue weighted by Crippen LogP contribution is -2.45. The summed E-state index contributed by atoms with van der Waals surface area (Å²) < 4.78 is 5.54. The summed E-state index contributed by atoms with van der Waals surface area (Å²) in [5.74, 6) is 1.05. The van der Waals surface area contributed by atoms with Crippen LogP contribution in [0, 0.1) is 5.92 Å². The van der Waals surface area contributed by atoms with Crippen LogP contribution in [0.2, 0.25) is 0 Å². The van der Waals surface area contributed by atoms with E-state index in [1.54, 1.807) is 6.20 Å². The third kappa shape index (κ3) is 3.67. The number of carbonyl (C=O) groups is 1. The van der Waals surface area contributed by atoms with Crippen LogP contribution in [0.5, 0.6) is 0 Å². The van der Waals surface area contributed by atoms with E-state index >= 15 is 0 Å². The summed E-state index contributed by atoms with van der Waals surface area (Å²) in [5, 5.41) is 6.96. The molecule has 0 spiro atoms. The number of H-pyrrole nitrogens is 1. The van der Waals surface area contributed by atoms with Crippen molar-refractivity contribution in [3.05, 3.63) is 18.0 Å². The van der Waals surface area contributed by atoms with E-state index in [4.69, 9.17) is 4.74 Å². The van der Waals surface area contributed by atoms with Crippen molar-refractivity contribution in [2.75, 3.05) is 39.4 Å². The van der Waals surface area contributed by atoms with Crippen LogP contribution in [-0.4, -0.2) is 65.3 Å². The molecule has 0 saturated carbocycles. The zero-order chi connectivity index (χ0) is 15.4. The number of ether oxygens (including phenoxy) is 1. The van der Waals surface area contributed by atoms with Crippen molar-refractivity contribution in [3.8, 4) is 0 Å². The molecule has 1 unspecified atom stereocenters. The fraction of sp³-hybridized carbons (Fsp3) is 0.750. The molecule has 3 rings (SSSR count). The van der Waals surface area contributed by atoms with Gasteiger partial charge in [0.2, 0.25) is 5.91 Å². The van der Waals surface area contributed by atoms with Gasteiger partial charge in [-0.05, 0) is 37.9 Å². The molecule has 2 fully saturated rings. The van der Waals surface area contributed by atoms with E-state index in [2.05, 4.69) is 22.0 Å². The molecule has 1 atom stereocenters. The Labute approximate surface area is 131 Å². The van der Waals surface area contributed by atoms with Gasteiger partial charge in [-0.25, -0.2) is 0 Å². The fourth-order valence-electron chi connectivity index (χ4n) is 3.30. The summed E-state index contributed by atoms with van der Waals surface area (Å²) >= 11 is 0. The highest BCUT2D eigenvalue weighted by Crippen LogP contribution is 2.23. The van der Waals surface area contributed by atoms with Crippen LogP contribution in [0.15, 0.2) is 12.3 Å². The number of hydrogen-bond donors (Lipinski definition) is 1. The Morgan fingerprint density at radius 3 is 2.95 bits per heavy atom. The molecule has 2 aliphatic heterocycles. The third-order valence-electron chi connectivity index (χ3n) is 4.85. The van der Waals surface area contributed by atoms with E-state index in [1.807, 2.05) is 11.0 Å². The molecule has 1 N–H and O–H groups in total. The van der Waals surface area contributed by atoms with Gasteiger partial charge >= 0.3 is 0 Å². The molecule has 0 radical (unpaired) electrons. The zero-order valence-corrected chi connectivity index (χ0v) is 13.3. The van der Waals surface area contributed by atoms with Crippen molar-refractivity contribution in [2.45, 2.75) is 32.2 Å². The topological polar surface area (TPSA) is 61.5 Å². The highest BCUT2D eigenvalue weighted by atomic mass is 16.5. The summed E-state index contributed by atoms with van der Waals surface area (Å²) in [7, 11) is 0. The molecule has 22 heavy (non-hydrogen) atoms. The smallest absolute Gasteiger partial charge is 0.224 e. The minimum absolute atomic E-state index is 0.0230. The molecular formula is C16H26N4O2. The van der Waals surface area contributed by atoms with Gasteiger partial charge in [0.15, 0.2) is 0 Å². The molecule has 1 amide bonds. The molecule has 0 aromatic carbocycles. The van der Waals surface area contributed by atoms with Crippen molar-refractivity contribution in [1.82, 2.24) is 20.0 Å². The second-order valence-corrected chi connectivity index (χ2v) is 6.46. The number of likely N-dealkylation sites (tertiary alicyclic amines) is 1. The maximum absolute atomic E-state index is 12.6. The molecule has 6 nitrogen and oxygen atoms in total. The zero-order valence-electron chi connectivity index (χ0n) is 13.3. The van der Waals surface area contributed by atoms with E-state index in [9.17, 15) is 4.79 Å². The van der Waals surface area contributed by atoms with E-state index in [1.165, 1.54) is 12.8 Å². The van der Waals surface area contributed by atoms with Gasteiger partial charge in [-0.1, -0.05) is 6.92 Å². The van der Waals surface area contributed by atoms with E-state index in [0.717, 1.165) is 31.2 Å². The number of hydrogen-bond acceptors (Lipinski definition) is 4. The van der Waals surface area contributed by atoms with Crippen LogP contribution in [0.1, 0.15) is 37.9 Å². The van der Waals surface area contributed by atoms with Crippen molar-refractivity contribution in [2.24, 2.45) is 5.92 Å². The van der Waals surface area contributed by atoms with Crippen molar-refractivity contribution >= 4 is 5.91 Å². The maximum Gasteiger partial charge on any atom is 0.224 e. The number of carbonyl (C=O) groups excluding carboxylic acids is 1. The number of nitrogens with one attached hydrogen (secondary N) is 1. The lowest BCUT2D eigenvalue weighted by atomic mass is 9.99. The number of morpholine rings is 1. The Bertz CT molecular complexity index is 469. The molecule has 0 aliphatic carbocycles. The molecule has 3 heterocycles. The third-order valence-corrected chi connectivity index (χ3v) is 4.85. The van der Waals surface area contributed by atoms with Gasteiger partial charge in [-0.2, -0.15) is 5.10 Å². The Balaban J connectivity index is 1.53. The molecule has 122 valence electrons. The van der Waals surface area contributed by atoms with Gasteiger partial charge in [-0.15, -0.1) is 0 Å². The van der Waals surface area contributed by atoms with Crippen LogP contribution in [0.3, 0.4) is 0 Å². The summed E-state index contributed by atoms with van der Waals surface area (Å²) in [4.78, 5) is 17.0. The van der Waals surface area contributed by atoms with E-state index in [0.29, 0.717) is 26.2 Å². The summed E-state index contributed by atoms with van der Waals surface area (Å²) in [5.41, 5.74) is 0.958. The van der Waals surface area contributed by atoms with Crippen LogP contribution in [0.25, 0.3) is 0 Å². The van der Waals surface area contributed by atoms with Gasteiger partial charge in [0.05, 0.1) is 24.9 Å². The minimum atomic E-state index is -0.0230. The Morgan fingerprint density at radius 2 is 2.23 bits per heavy atom. The summed E-state index contributed by atoms with van der Waals surface area (Å²) in [6.45, 7) is 7.28. The fourth-order valence-corrected chi connectivity index (χ4v) is 3.30. The highest BCUT2D eigenvalue weighted by Gasteiger charge is 2.29. The number of piperidine rings is 1. The van der Waals surface area contributed by atoms with Gasteiger partial charge in [0.25, 0.3) is 0 Å². The summed E-state index contributed by atoms with van der Waals surface area (Å²) in [6.07, 6.45) is 4.82. The Hall–Kier alpha value is -1.40. The molecule has 1 aromatic rings. The van der Waals surface area contributed by atoms with E-state index < -0.39 is 0 Å². The van der Waals surface area contributed by atoms with Gasteiger partial charge in [-0.3, -0.25) is 9.89 Å². The second kappa shape index (κ2) is 7.24. The Morgan fingerprint density at radius 1 is 1.41 bits per heavy atom. The average molecular weight is 306 g/mol. The lowest BCUT2D eigenvalue weighted by Gasteiger charge is -2.36. The standard InChI is InChI=1S/C16H26N4O2/c1-13-3-7-19(8-4-13)9-5-16(21)20-10-11-22-12-15(20)14-2-6-17-18-14/h2,6,13,15H,3-5,7-12H2,1H3,(H,17,18). The average Bonchev–Trinajstić information content (AvgIpc) is 3.08. The van der Waals surface area contributed by atoms with E-state index in [-0.39, 0.29) is 11.9 Å². The predicted octanol–water partition coefficient (Wildman–Crippen LogP) is 1.43. The van der Waals surface area contributed by atoms with Crippen LogP contribution in [-0.2, 0) is 9.53 Å². The first-order valence-electron chi connectivity index (χ1n) is 8.33. The monoisotopic (exact) mass is 306 g/mol. The molecule has 2 saturated heterocycles. The molecule has 2 aliphatic rings. The largest absolute Gasteiger partial charge is 0.377 e. The van der Waals surface area contributed by atoms with Crippen molar-refractivity contribution in [3.63, 3.8) is 0 Å². The molecular weight excluding hydrogens is 280 g/mol. The second-order valence-electron chi connectivity index (χ2n) is 6.46. The quantitative estimate of drug-likeness (QED) is 0.914.